The van der Waals surface area contributed by atoms with Gasteiger partial charge in [0.1, 0.15) is 11.6 Å². The van der Waals surface area contributed by atoms with Gasteiger partial charge in [-0.15, -0.1) is 0 Å². The molecule has 0 atom stereocenters. The van der Waals surface area contributed by atoms with E-state index >= 15 is 0 Å². The number of carbonyl (C=O) groups is 2. The number of carbonyl (C=O) groups excluding carboxylic acids is 2. The molecule has 0 saturated carbocycles. The van der Waals surface area contributed by atoms with Crippen molar-refractivity contribution in [1.82, 2.24) is 0 Å². The summed E-state index contributed by atoms with van der Waals surface area (Å²) in [5.74, 6) is 0.701. The fourth-order valence-electron chi connectivity index (χ4n) is 2.61. The van der Waals surface area contributed by atoms with Crippen LogP contribution in [0, 0.1) is 0 Å². The van der Waals surface area contributed by atoms with Crippen LogP contribution in [-0.2, 0) is 9.59 Å². The Labute approximate surface area is 129 Å². The SMILES string of the molecule is O=C1CC=CCC=CCC(=O)CCCCCCCCCC1. The highest BCUT2D eigenvalue weighted by molar-refractivity contribution is 5.80. The third-order valence-electron chi connectivity index (χ3n) is 3.96. The molecule has 0 N–H and O–H groups in total. The lowest BCUT2D eigenvalue weighted by Crippen LogP contribution is -1.95. The van der Waals surface area contributed by atoms with Crippen molar-refractivity contribution in [3.05, 3.63) is 24.3 Å². The molecule has 21 heavy (non-hydrogen) atoms. The van der Waals surface area contributed by atoms with E-state index in [1.165, 1.54) is 38.5 Å². The summed E-state index contributed by atoms with van der Waals surface area (Å²) in [4.78, 5) is 23.3. The zero-order valence-electron chi connectivity index (χ0n) is 13.3. The first-order valence-electron chi connectivity index (χ1n) is 8.62. The van der Waals surface area contributed by atoms with Gasteiger partial charge in [0, 0.05) is 25.7 Å². The van der Waals surface area contributed by atoms with Crippen molar-refractivity contribution in [2.75, 3.05) is 0 Å². The molecule has 0 aromatic carbocycles. The molecule has 0 unspecified atom stereocenters. The number of allylic oxidation sites excluding steroid dienone is 4. The maximum atomic E-state index is 11.7. The van der Waals surface area contributed by atoms with Crippen molar-refractivity contribution in [3.63, 3.8) is 0 Å². The van der Waals surface area contributed by atoms with E-state index in [4.69, 9.17) is 0 Å². The van der Waals surface area contributed by atoms with Gasteiger partial charge < -0.3 is 0 Å². The lowest BCUT2D eigenvalue weighted by Gasteiger charge is -2.02. The summed E-state index contributed by atoms with van der Waals surface area (Å²) < 4.78 is 0. The first-order valence-corrected chi connectivity index (χ1v) is 8.62. The number of hydrogen-bond donors (Lipinski definition) is 0. The topological polar surface area (TPSA) is 34.1 Å². The first-order chi connectivity index (χ1) is 10.3. The lowest BCUT2D eigenvalue weighted by atomic mass is 10.0. The van der Waals surface area contributed by atoms with Crippen LogP contribution in [0.1, 0.15) is 83.5 Å². The van der Waals surface area contributed by atoms with Gasteiger partial charge in [0.05, 0.1) is 0 Å². The summed E-state index contributed by atoms with van der Waals surface area (Å²) in [6.45, 7) is 0. The highest BCUT2D eigenvalue weighted by atomic mass is 16.1. The molecule has 0 aromatic heterocycles. The molecule has 1 aliphatic carbocycles. The average molecular weight is 290 g/mol. The number of Topliss-reactive ketones (excluding diaryl/α,β-unsaturated/α-hetero) is 2. The molecule has 1 aliphatic rings. The molecule has 2 nitrogen and oxygen atoms in total. The molecule has 0 bridgehead atoms. The predicted octanol–water partition coefficient (Wildman–Crippen LogP) is 5.32. The van der Waals surface area contributed by atoms with E-state index in [0.29, 0.717) is 24.4 Å². The van der Waals surface area contributed by atoms with Crippen LogP contribution in [0.3, 0.4) is 0 Å². The fraction of sp³-hybridized carbons (Fsp3) is 0.684. The minimum absolute atomic E-state index is 0.350. The Balaban J connectivity index is 2.32. The molecule has 0 aromatic rings. The Hall–Kier alpha value is -1.18. The maximum absolute atomic E-state index is 11.7. The molecule has 0 fully saturated rings. The number of ketones is 2. The van der Waals surface area contributed by atoms with Crippen LogP contribution in [0.4, 0.5) is 0 Å². The molecule has 0 heterocycles. The van der Waals surface area contributed by atoms with Gasteiger partial charge in [0.2, 0.25) is 0 Å². The molecule has 0 amide bonds. The quantitative estimate of drug-likeness (QED) is 0.566. The molecule has 0 saturated heterocycles. The largest absolute Gasteiger partial charge is 0.299 e. The minimum atomic E-state index is 0.350. The Morgan fingerprint density at radius 2 is 0.905 bits per heavy atom. The zero-order valence-corrected chi connectivity index (χ0v) is 13.3. The third kappa shape index (κ3) is 11.2. The summed E-state index contributed by atoms with van der Waals surface area (Å²) in [6, 6.07) is 0. The monoisotopic (exact) mass is 290 g/mol. The van der Waals surface area contributed by atoms with Gasteiger partial charge >= 0.3 is 0 Å². The van der Waals surface area contributed by atoms with Gasteiger partial charge in [-0.2, -0.15) is 0 Å². The lowest BCUT2D eigenvalue weighted by molar-refractivity contribution is -0.119. The van der Waals surface area contributed by atoms with E-state index in [1.807, 2.05) is 24.3 Å². The molecule has 2 heteroatoms. The van der Waals surface area contributed by atoms with Gasteiger partial charge in [-0.25, -0.2) is 0 Å². The number of rotatable bonds is 0. The Morgan fingerprint density at radius 1 is 0.524 bits per heavy atom. The van der Waals surface area contributed by atoms with Crippen molar-refractivity contribution in [2.24, 2.45) is 0 Å². The van der Waals surface area contributed by atoms with Gasteiger partial charge in [0.25, 0.3) is 0 Å². The second kappa shape index (κ2) is 12.6. The summed E-state index contributed by atoms with van der Waals surface area (Å²) >= 11 is 0. The standard InChI is InChI=1S/C19H30O2/c20-18-14-10-6-3-1-2-4-7-11-15-19(21)17-13-9-5-8-12-16-18/h8-9,12-13H,1-7,10-11,14-17H2. The number of hydrogen-bond acceptors (Lipinski definition) is 2. The van der Waals surface area contributed by atoms with E-state index in [0.717, 1.165) is 32.1 Å². The molecule has 1 rings (SSSR count). The van der Waals surface area contributed by atoms with Crippen molar-refractivity contribution in [2.45, 2.75) is 83.5 Å². The van der Waals surface area contributed by atoms with E-state index < -0.39 is 0 Å². The van der Waals surface area contributed by atoms with Crippen LogP contribution >= 0.6 is 0 Å². The van der Waals surface area contributed by atoms with Crippen LogP contribution in [0.5, 0.6) is 0 Å². The fourth-order valence-corrected chi connectivity index (χ4v) is 2.61. The van der Waals surface area contributed by atoms with Gasteiger partial charge in [-0.3, -0.25) is 9.59 Å². The van der Waals surface area contributed by atoms with Crippen molar-refractivity contribution in [1.29, 1.82) is 0 Å². The van der Waals surface area contributed by atoms with Crippen molar-refractivity contribution in [3.8, 4) is 0 Å². The Bertz CT molecular complexity index is 319. The summed E-state index contributed by atoms with van der Waals surface area (Å²) in [7, 11) is 0. The zero-order chi connectivity index (χ0) is 15.2. The summed E-state index contributed by atoms with van der Waals surface area (Å²) in [5, 5.41) is 0. The van der Waals surface area contributed by atoms with Crippen LogP contribution in [0.15, 0.2) is 24.3 Å². The van der Waals surface area contributed by atoms with E-state index in [2.05, 4.69) is 0 Å². The first kappa shape index (κ1) is 17.9. The molecule has 0 radical (unpaired) electrons. The second-order valence-corrected chi connectivity index (χ2v) is 5.99. The maximum Gasteiger partial charge on any atom is 0.136 e. The molecular formula is C19H30O2. The van der Waals surface area contributed by atoms with E-state index in [1.54, 1.807) is 0 Å². The van der Waals surface area contributed by atoms with Crippen LogP contribution < -0.4 is 0 Å². The average Bonchev–Trinajstić information content (AvgIpc) is 2.47. The summed E-state index contributed by atoms with van der Waals surface area (Å²) in [5.41, 5.74) is 0. The Kier molecular flexibility index (Phi) is 10.7. The molecular weight excluding hydrogens is 260 g/mol. The Morgan fingerprint density at radius 3 is 1.33 bits per heavy atom. The van der Waals surface area contributed by atoms with Gasteiger partial charge in [-0.1, -0.05) is 62.8 Å². The van der Waals surface area contributed by atoms with Crippen LogP contribution in [-0.4, -0.2) is 11.6 Å². The highest BCUT2D eigenvalue weighted by Crippen LogP contribution is 2.12. The molecule has 0 spiro atoms. The van der Waals surface area contributed by atoms with Crippen molar-refractivity contribution >= 4 is 11.6 Å². The van der Waals surface area contributed by atoms with Gasteiger partial charge in [0.15, 0.2) is 0 Å². The van der Waals surface area contributed by atoms with Crippen LogP contribution in [0.2, 0.25) is 0 Å². The second-order valence-electron chi connectivity index (χ2n) is 5.99. The van der Waals surface area contributed by atoms with E-state index in [-0.39, 0.29) is 0 Å². The van der Waals surface area contributed by atoms with Crippen molar-refractivity contribution < 1.29 is 9.59 Å². The summed E-state index contributed by atoms with van der Waals surface area (Å²) in [6.07, 6.45) is 20.8. The molecule has 0 aliphatic heterocycles. The predicted molar refractivity (Wildman–Crippen MR) is 88.3 cm³/mol. The van der Waals surface area contributed by atoms with Gasteiger partial charge in [-0.05, 0) is 19.3 Å². The third-order valence-corrected chi connectivity index (χ3v) is 3.96. The van der Waals surface area contributed by atoms with Crippen LogP contribution in [0.25, 0.3) is 0 Å². The molecule has 118 valence electrons. The van der Waals surface area contributed by atoms with E-state index in [9.17, 15) is 9.59 Å². The normalized spacial score (nSPS) is 21.5. The smallest absolute Gasteiger partial charge is 0.136 e. The minimum Gasteiger partial charge on any atom is -0.299 e. The highest BCUT2D eigenvalue weighted by Gasteiger charge is 2.01.